The lowest BCUT2D eigenvalue weighted by atomic mass is 10.2. The number of aromatic nitrogens is 2. The van der Waals surface area contributed by atoms with Gasteiger partial charge in [-0.1, -0.05) is 0 Å². The van der Waals surface area contributed by atoms with Gasteiger partial charge in [0.15, 0.2) is 10.8 Å². The van der Waals surface area contributed by atoms with E-state index < -0.39 is 16.8 Å². The second-order valence-electron chi connectivity index (χ2n) is 6.83. The van der Waals surface area contributed by atoms with Crippen LogP contribution in [-0.2, 0) is 12.7 Å². The molecule has 1 aliphatic carbocycles. The monoisotopic (exact) mass is 443 g/mol. The van der Waals surface area contributed by atoms with Crippen LogP contribution in [0.2, 0.25) is 0 Å². The number of nitrogens with one attached hydrogen (secondary N) is 2. The van der Waals surface area contributed by atoms with E-state index >= 15 is 0 Å². The first-order valence-corrected chi connectivity index (χ1v) is 9.62. The number of alkyl halides is 3. The Morgan fingerprint density at radius 1 is 1.40 bits per heavy atom. The Morgan fingerprint density at radius 2 is 2.13 bits per heavy atom. The maximum atomic E-state index is 12.9. The van der Waals surface area contributed by atoms with Crippen LogP contribution in [0.1, 0.15) is 36.6 Å². The minimum atomic E-state index is -4.46. The van der Waals surface area contributed by atoms with Gasteiger partial charge in [-0.15, -0.1) is 0 Å². The van der Waals surface area contributed by atoms with Gasteiger partial charge in [-0.2, -0.15) is 18.3 Å². The Bertz CT molecular complexity index is 944. The number of nitro benzene ring substituents is 1. The summed E-state index contributed by atoms with van der Waals surface area (Å²) in [5.41, 5.74) is 0.108. The Balaban J connectivity index is 1.52. The van der Waals surface area contributed by atoms with Crippen LogP contribution in [0.3, 0.4) is 0 Å². The van der Waals surface area contributed by atoms with Crippen molar-refractivity contribution in [3.8, 4) is 5.75 Å². The van der Waals surface area contributed by atoms with Gasteiger partial charge < -0.3 is 15.4 Å². The summed E-state index contributed by atoms with van der Waals surface area (Å²) >= 11 is 5.21. The number of halogens is 3. The summed E-state index contributed by atoms with van der Waals surface area (Å²) in [6.07, 6.45) is -2.18. The largest absolute Gasteiger partial charge is 0.494 e. The van der Waals surface area contributed by atoms with E-state index in [4.69, 9.17) is 17.0 Å². The zero-order valence-corrected chi connectivity index (χ0v) is 16.8. The first-order chi connectivity index (χ1) is 14.2. The minimum Gasteiger partial charge on any atom is -0.494 e. The highest BCUT2D eigenvalue weighted by atomic mass is 32.1. The highest BCUT2D eigenvalue weighted by molar-refractivity contribution is 7.80. The van der Waals surface area contributed by atoms with Crippen LogP contribution in [0.15, 0.2) is 24.3 Å². The third kappa shape index (κ3) is 5.38. The number of methoxy groups -OCH3 is 1. The molecule has 0 radical (unpaired) electrons. The Hall–Kier alpha value is -2.89. The molecule has 0 atom stereocenters. The average molecular weight is 443 g/mol. The zero-order chi connectivity index (χ0) is 21.9. The summed E-state index contributed by atoms with van der Waals surface area (Å²) in [6.45, 7) is 0.741. The summed E-state index contributed by atoms with van der Waals surface area (Å²) in [5, 5.41) is 20.7. The molecule has 0 spiro atoms. The lowest BCUT2D eigenvalue weighted by Gasteiger charge is -2.13. The van der Waals surface area contributed by atoms with E-state index in [1.54, 1.807) is 0 Å². The van der Waals surface area contributed by atoms with Crippen molar-refractivity contribution in [1.82, 2.24) is 15.1 Å². The number of benzene rings is 1. The van der Waals surface area contributed by atoms with E-state index in [1.807, 2.05) is 0 Å². The van der Waals surface area contributed by atoms with Gasteiger partial charge in [-0.05, 0) is 43.6 Å². The van der Waals surface area contributed by atoms with Gasteiger partial charge in [-0.25, -0.2) is 0 Å². The van der Waals surface area contributed by atoms with Gasteiger partial charge in [0.05, 0.1) is 23.8 Å². The molecule has 1 heterocycles. The van der Waals surface area contributed by atoms with E-state index in [1.165, 1.54) is 30.0 Å². The van der Waals surface area contributed by atoms with Gasteiger partial charge in [0.1, 0.15) is 5.75 Å². The Labute approximate surface area is 175 Å². The fourth-order valence-corrected chi connectivity index (χ4v) is 3.16. The standard InChI is InChI=1S/C18H20F3N5O3S/c1-29-15-9-12(26(27)28)5-6-13(15)23-17(30)22-7-2-8-25-14(11-3-4-11)10-16(24-25)18(19,20)21/h5-6,9-11H,2-4,7-8H2,1H3,(H2,22,23,30). The molecule has 30 heavy (non-hydrogen) atoms. The van der Waals surface area contributed by atoms with Gasteiger partial charge in [0.25, 0.3) is 5.69 Å². The number of nitro groups is 1. The molecule has 1 aliphatic rings. The summed E-state index contributed by atoms with van der Waals surface area (Å²) in [7, 11) is 1.39. The number of aryl methyl sites for hydroxylation is 1. The van der Waals surface area contributed by atoms with Gasteiger partial charge in [-0.3, -0.25) is 14.8 Å². The van der Waals surface area contributed by atoms with Crippen molar-refractivity contribution in [2.45, 2.75) is 37.9 Å². The maximum Gasteiger partial charge on any atom is 0.435 e. The van der Waals surface area contributed by atoms with E-state index in [0.717, 1.165) is 18.9 Å². The highest BCUT2D eigenvalue weighted by Crippen LogP contribution is 2.42. The van der Waals surface area contributed by atoms with E-state index in [2.05, 4.69) is 15.7 Å². The normalized spacial score (nSPS) is 13.7. The molecule has 1 saturated carbocycles. The summed E-state index contributed by atoms with van der Waals surface area (Å²) in [4.78, 5) is 10.3. The van der Waals surface area contributed by atoms with Crippen molar-refractivity contribution in [1.29, 1.82) is 0 Å². The number of nitrogens with zero attached hydrogens (tertiary/aromatic N) is 3. The fourth-order valence-electron chi connectivity index (χ4n) is 2.95. The van der Waals surface area contributed by atoms with E-state index in [9.17, 15) is 23.3 Å². The summed E-state index contributed by atoms with van der Waals surface area (Å²) in [5.74, 6) is 0.414. The molecule has 8 nitrogen and oxygen atoms in total. The quantitative estimate of drug-likeness (QED) is 0.275. The predicted octanol–water partition coefficient (Wildman–Crippen LogP) is 4.07. The van der Waals surface area contributed by atoms with Crippen LogP contribution in [0, 0.1) is 10.1 Å². The third-order valence-corrected chi connectivity index (χ3v) is 4.82. The van der Waals surface area contributed by atoms with Crippen LogP contribution >= 0.6 is 12.2 Å². The second-order valence-corrected chi connectivity index (χ2v) is 7.23. The topological polar surface area (TPSA) is 94.3 Å². The summed E-state index contributed by atoms with van der Waals surface area (Å²) < 4.78 is 45.4. The minimum absolute atomic E-state index is 0.111. The van der Waals surface area contributed by atoms with Crippen molar-refractivity contribution >= 4 is 28.7 Å². The molecule has 0 saturated heterocycles. The lowest BCUT2D eigenvalue weighted by molar-refractivity contribution is -0.384. The SMILES string of the molecule is COc1cc([N+](=O)[O-])ccc1NC(=S)NCCCn1nc(C(F)(F)F)cc1C1CC1. The molecule has 0 amide bonds. The first kappa shape index (κ1) is 21.8. The van der Waals surface area contributed by atoms with E-state index in [0.29, 0.717) is 30.9 Å². The van der Waals surface area contributed by atoms with Crippen molar-refractivity contribution in [2.75, 3.05) is 19.0 Å². The maximum absolute atomic E-state index is 12.9. The Morgan fingerprint density at radius 3 is 2.73 bits per heavy atom. The number of thiocarbonyl (C=S) groups is 1. The van der Waals surface area contributed by atoms with Crippen LogP contribution in [0.4, 0.5) is 24.5 Å². The van der Waals surface area contributed by atoms with Gasteiger partial charge >= 0.3 is 6.18 Å². The average Bonchev–Trinajstić information content (AvgIpc) is 3.43. The van der Waals surface area contributed by atoms with Crippen molar-refractivity contribution in [3.05, 3.63) is 45.8 Å². The van der Waals surface area contributed by atoms with Crippen LogP contribution in [0.25, 0.3) is 0 Å². The molecule has 0 aliphatic heterocycles. The van der Waals surface area contributed by atoms with Crippen LogP contribution < -0.4 is 15.4 Å². The van der Waals surface area contributed by atoms with Crippen LogP contribution in [0.5, 0.6) is 5.75 Å². The van der Waals surface area contributed by atoms with Crippen LogP contribution in [-0.4, -0.2) is 33.5 Å². The van der Waals surface area contributed by atoms with Crippen molar-refractivity contribution in [2.24, 2.45) is 0 Å². The zero-order valence-electron chi connectivity index (χ0n) is 16.0. The number of hydrogen-bond donors (Lipinski definition) is 2. The Kier molecular flexibility index (Phi) is 6.44. The summed E-state index contributed by atoms with van der Waals surface area (Å²) in [6, 6.07) is 5.22. The molecule has 3 rings (SSSR count). The van der Waals surface area contributed by atoms with Gasteiger partial charge in [0, 0.05) is 30.8 Å². The van der Waals surface area contributed by atoms with Crippen molar-refractivity contribution < 1.29 is 22.8 Å². The second kappa shape index (κ2) is 8.86. The number of rotatable bonds is 8. The molecule has 2 aromatic rings. The molecule has 1 aromatic carbocycles. The van der Waals surface area contributed by atoms with Crippen molar-refractivity contribution in [3.63, 3.8) is 0 Å². The van der Waals surface area contributed by atoms with E-state index in [-0.39, 0.29) is 22.5 Å². The molecule has 2 N–H and O–H groups in total. The molecule has 12 heteroatoms. The predicted molar refractivity (Wildman–Crippen MR) is 108 cm³/mol. The molecule has 1 fully saturated rings. The number of non-ortho nitro benzene ring substituents is 1. The molecule has 0 bridgehead atoms. The highest BCUT2D eigenvalue weighted by Gasteiger charge is 2.37. The molecule has 162 valence electrons. The number of hydrogen-bond acceptors (Lipinski definition) is 5. The number of anilines is 1. The third-order valence-electron chi connectivity index (χ3n) is 4.57. The van der Waals surface area contributed by atoms with Gasteiger partial charge in [0.2, 0.25) is 0 Å². The lowest BCUT2D eigenvalue weighted by Crippen LogP contribution is -2.30. The number of ether oxygens (including phenoxy) is 1. The molecular formula is C18H20F3N5O3S. The molecule has 0 unspecified atom stereocenters. The first-order valence-electron chi connectivity index (χ1n) is 9.21. The smallest absolute Gasteiger partial charge is 0.435 e. The molecule has 1 aromatic heterocycles. The fraction of sp³-hybridized carbons (Fsp3) is 0.444. The molecular weight excluding hydrogens is 423 g/mol.